The van der Waals surface area contributed by atoms with Crippen LogP contribution in [0.2, 0.25) is 0 Å². The predicted molar refractivity (Wildman–Crippen MR) is 121 cm³/mol. The Morgan fingerprint density at radius 3 is 2.75 bits per heavy atom. The Labute approximate surface area is 183 Å². The van der Waals surface area contributed by atoms with Crippen molar-refractivity contribution in [3.8, 4) is 5.75 Å². The number of ether oxygens (including phenoxy) is 1. The second-order valence-corrected chi connectivity index (χ2v) is 7.52. The first-order valence-electron chi connectivity index (χ1n) is 10.4. The number of amides is 1. The zero-order valence-electron chi connectivity index (χ0n) is 17.5. The lowest BCUT2D eigenvalue weighted by Crippen LogP contribution is -2.35. The first-order chi connectivity index (χ1) is 15.7. The molecular formula is C23H22N6O3. The Kier molecular flexibility index (Phi) is 5.06. The average molecular weight is 430 g/mol. The van der Waals surface area contributed by atoms with Crippen LogP contribution in [0.5, 0.6) is 5.75 Å². The third-order valence-corrected chi connectivity index (χ3v) is 5.67. The molecule has 0 spiro atoms. The van der Waals surface area contributed by atoms with Crippen molar-refractivity contribution in [2.75, 3.05) is 25.1 Å². The summed E-state index contributed by atoms with van der Waals surface area (Å²) in [5.41, 5.74) is 2.41. The summed E-state index contributed by atoms with van der Waals surface area (Å²) in [6.45, 7) is 1.40. The fourth-order valence-electron chi connectivity index (χ4n) is 3.99. The molecule has 1 aliphatic heterocycles. The Balaban J connectivity index is 1.29. The van der Waals surface area contributed by atoms with Gasteiger partial charge >= 0.3 is 0 Å². The zero-order chi connectivity index (χ0) is 22.1. The van der Waals surface area contributed by atoms with E-state index in [2.05, 4.69) is 20.5 Å². The van der Waals surface area contributed by atoms with E-state index >= 15 is 0 Å². The van der Waals surface area contributed by atoms with Crippen molar-refractivity contribution in [2.24, 2.45) is 0 Å². The van der Waals surface area contributed by atoms with Gasteiger partial charge in [0.25, 0.3) is 11.5 Å². The van der Waals surface area contributed by atoms with Crippen molar-refractivity contribution in [1.82, 2.24) is 25.1 Å². The van der Waals surface area contributed by atoms with Gasteiger partial charge in [-0.2, -0.15) is 0 Å². The average Bonchev–Trinajstić information content (AvgIpc) is 3.44. The third-order valence-electron chi connectivity index (χ3n) is 5.67. The summed E-state index contributed by atoms with van der Waals surface area (Å²) in [5.74, 6) is 0.659. The summed E-state index contributed by atoms with van der Waals surface area (Å²) in [6, 6.07) is 15.5. The molecule has 32 heavy (non-hydrogen) atoms. The van der Waals surface area contributed by atoms with Crippen LogP contribution in [0.15, 0.2) is 59.5 Å². The van der Waals surface area contributed by atoms with Crippen LogP contribution in [-0.2, 0) is 13.0 Å². The second kappa shape index (κ2) is 8.18. The quantitative estimate of drug-likeness (QED) is 0.486. The number of carbonyl (C=O) groups is 1. The molecule has 162 valence electrons. The van der Waals surface area contributed by atoms with Gasteiger partial charge in [0.15, 0.2) is 0 Å². The molecule has 0 atom stereocenters. The predicted octanol–water partition coefficient (Wildman–Crippen LogP) is 2.25. The number of aromatic nitrogens is 4. The molecule has 3 heterocycles. The number of aromatic amines is 1. The molecule has 0 saturated carbocycles. The van der Waals surface area contributed by atoms with Crippen molar-refractivity contribution >= 4 is 28.4 Å². The molecule has 0 fully saturated rings. The van der Waals surface area contributed by atoms with Gasteiger partial charge in [-0.05, 0) is 42.3 Å². The molecule has 9 heteroatoms. The zero-order valence-corrected chi connectivity index (χ0v) is 17.5. The Morgan fingerprint density at radius 1 is 1.12 bits per heavy atom. The van der Waals surface area contributed by atoms with E-state index in [9.17, 15) is 9.59 Å². The number of nitrogens with zero attached hydrogens (tertiary/aromatic N) is 4. The van der Waals surface area contributed by atoms with Crippen LogP contribution in [0.1, 0.15) is 16.1 Å². The highest BCUT2D eigenvalue weighted by molar-refractivity contribution is 5.92. The largest absolute Gasteiger partial charge is 0.497 e. The molecule has 1 amide bonds. The highest BCUT2D eigenvalue weighted by atomic mass is 16.5. The molecule has 5 rings (SSSR count). The van der Waals surface area contributed by atoms with Crippen LogP contribution in [0, 0.1) is 0 Å². The minimum absolute atomic E-state index is 0.191. The molecule has 4 aromatic rings. The molecule has 0 unspecified atom stereocenters. The smallest absolute Gasteiger partial charge is 0.286 e. The van der Waals surface area contributed by atoms with Gasteiger partial charge in [-0.3, -0.25) is 14.2 Å². The maximum absolute atomic E-state index is 12.9. The van der Waals surface area contributed by atoms with E-state index in [1.807, 2.05) is 59.6 Å². The number of anilines is 2. The summed E-state index contributed by atoms with van der Waals surface area (Å²) < 4.78 is 6.68. The molecule has 2 N–H and O–H groups in total. The molecule has 0 saturated heterocycles. The fourth-order valence-corrected chi connectivity index (χ4v) is 3.99. The number of methoxy groups -OCH3 is 1. The van der Waals surface area contributed by atoms with Gasteiger partial charge in [0.1, 0.15) is 5.75 Å². The first-order valence-corrected chi connectivity index (χ1v) is 10.4. The molecule has 0 radical (unpaired) electrons. The number of fused-ring (bicyclic) bond motifs is 2. The maximum atomic E-state index is 12.9. The van der Waals surface area contributed by atoms with Gasteiger partial charge in [-0.25, -0.2) is 0 Å². The molecule has 9 nitrogen and oxygen atoms in total. The number of H-pyrrole nitrogens is 1. The number of hydrogen-bond acceptors (Lipinski definition) is 6. The van der Waals surface area contributed by atoms with Crippen molar-refractivity contribution in [1.29, 1.82) is 0 Å². The lowest BCUT2D eigenvalue weighted by atomic mass is 10.1. The van der Waals surface area contributed by atoms with Crippen LogP contribution in [0.25, 0.3) is 10.9 Å². The number of benzene rings is 2. The van der Waals surface area contributed by atoms with Gasteiger partial charge in [0.2, 0.25) is 11.6 Å². The normalized spacial score (nSPS) is 12.7. The van der Waals surface area contributed by atoms with Crippen LogP contribution in [-0.4, -0.2) is 45.9 Å². The van der Waals surface area contributed by atoms with Gasteiger partial charge in [0.05, 0.1) is 7.11 Å². The monoisotopic (exact) mass is 430 g/mol. The molecular weight excluding hydrogens is 408 g/mol. The fraction of sp³-hybridized carbons (Fsp3) is 0.217. The van der Waals surface area contributed by atoms with Crippen molar-refractivity contribution < 1.29 is 9.53 Å². The minimum atomic E-state index is -0.513. The van der Waals surface area contributed by atoms with Crippen LogP contribution < -0.4 is 20.5 Å². The van der Waals surface area contributed by atoms with E-state index in [1.165, 1.54) is 4.57 Å². The highest BCUT2D eigenvalue weighted by Crippen LogP contribution is 2.28. The minimum Gasteiger partial charge on any atom is -0.497 e. The summed E-state index contributed by atoms with van der Waals surface area (Å²) in [7, 11) is 1.61. The topological polar surface area (TPSA) is 105 Å². The van der Waals surface area contributed by atoms with Crippen molar-refractivity contribution in [3.63, 3.8) is 0 Å². The standard InChI is InChI=1S/C23H22N6O3/c1-32-17-8-6-16(7-9-17)28-12-13-29-22(31)20(26-27-23(28)29)21(30)24-11-10-15-14-25-19-5-3-2-4-18(15)19/h2-9,14,25H,10-13H2,1H3,(H,24,30). The van der Waals surface area contributed by atoms with E-state index in [0.717, 1.165) is 27.9 Å². The summed E-state index contributed by atoms with van der Waals surface area (Å²) in [5, 5.41) is 12.1. The number of carbonyl (C=O) groups excluding carboxylic acids is 1. The van der Waals surface area contributed by atoms with E-state index < -0.39 is 11.5 Å². The Morgan fingerprint density at radius 2 is 1.94 bits per heavy atom. The lowest BCUT2D eigenvalue weighted by molar-refractivity contribution is 0.0945. The number of hydrogen-bond donors (Lipinski definition) is 2. The Hall–Kier alpha value is -4.14. The third kappa shape index (κ3) is 3.47. The summed E-state index contributed by atoms with van der Waals surface area (Å²) in [6.07, 6.45) is 2.58. The second-order valence-electron chi connectivity index (χ2n) is 7.52. The van der Waals surface area contributed by atoms with E-state index in [-0.39, 0.29) is 5.69 Å². The van der Waals surface area contributed by atoms with Crippen LogP contribution in [0.3, 0.4) is 0 Å². The van der Waals surface area contributed by atoms with Crippen LogP contribution in [0.4, 0.5) is 11.6 Å². The molecule has 0 aliphatic carbocycles. The number of rotatable bonds is 6. The molecule has 0 bridgehead atoms. The van der Waals surface area contributed by atoms with E-state index in [0.29, 0.717) is 32.0 Å². The lowest BCUT2D eigenvalue weighted by Gasteiger charge is -2.17. The van der Waals surface area contributed by atoms with Gasteiger partial charge < -0.3 is 19.9 Å². The SMILES string of the molecule is COc1ccc(N2CCn3c2nnc(C(=O)NCCc2c[nH]c4ccccc24)c3=O)cc1. The number of nitrogens with one attached hydrogen (secondary N) is 2. The van der Waals surface area contributed by atoms with Crippen molar-refractivity contribution in [2.45, 2.75) is 13.0 Å². The molecule has 1 aliphatic rings. The van der Waals surface area contributed by atoms with Gasteiger partial charge in [-0.1, -0.05) is 18.2 Å². The van der Waals surface area contributed by atoms with Gasteiger partial charge in [-0.15, -0.1) is 10.2 Å². The van der Waals surface area contributed by atoms with E-state index in [1.54, 1.807) is 7.11 Å². The Bertz CT molecular complexity index is 1340. The van der Waals surface area contributed by atoms with E-state index in [4.69, 9.17) is 4.74 Å². The maximum Gasteiger partial charge on any atom is 0.286 e. The molecule has 2 aromatic heterocycles. The highest BCUT2D eigenvalue weighted by Gasteiger charge is 2.27. The molecule has 2 aromatic carbocycles. The number of para-hydroxylation sites is 1. The van der Waals surface area contributed by atoms with Gasteiger partial charge in [0, 0.05) is 42.4 Å². The first kappa shape index (κ1) is 19.8. The summed E-state index contributed by atoms with van der Waals surface area (Å²) >= 11 is 0. The summed E-state index contributed by atoms with van der Waals surface area (Å²) in [4.78, 5) is 30.6. The van der Waals surface area contributed by atoms with Crippen molar-refractivity contribution in [3.05, 3.63) is 76.3 Å². The van der Waals surface area contributed by atoms with Crippen LogP contribution >= 0.6 is 0 Å².